The summed E-state index contributed by atoms with van der Waals surface area (Å²) in [6.45, 7) is 0.0377. The summed E-state index contributed by atoms with van der Waals surface area (Å²) in [7, 11) is 1.65. The van der Waals surface area contributed by atoms with Gasteiger partial charge in [0.25, 0.3) is 0 Å². The van der Waals surface area contributed by atoms with Gasteiger partial charge in [0.15, 0.2) is 0 Å². The number of thiazole rings is 1. The molecule has 0 aliphatic rings. The minimum absolute atomic E-state index is 0.261. The molecule has 0 aliphatic carbocycles. The van der Waals surface area contributed by atoms with Crippen LogP contribution < -0.4 is 10.1 Å². The molecule has 1 atom stereocenters. The van der Waals surface area contributed by atoms with Crippen molar-refractivity contribution in [3.05, 3.63) is 53.9 Å². The minimum atomic E-state index is -0.775. The van der Waals surface area contributed by atoms with E-state index in [4.69, 9.17) is 14.8 Å². The van der Waals surface area contributed by atoms with Gasteiger partial charge in [-0.3, -0.25) is 0 Å². The number of nitrogens with one attached hydrogen (secondary N) is 1. The van der Waals surface area contributed by atoms with E-state index in [1.54, 1.807) is 18.4 Å². The molecular formula is C19H20N2O3S. The van der Waals surface area contributed by atoms with Crippen LogP contribution in [0, 0.1) is 0 Å². The molecule has 3 rings (SSSR count). The molecule has 25 heavy (non-hydrogen) atoms. The van der Waals surface area contributed by atoms with Gasteiger partial charge in [-0.15, -0.1) is 11.3 Å². The standard InChI is InChI=1S/C19H20N2O3S/c1-24-17-7-3-4-13(9-17)18-12-25-19(21-18)14-5-2-6-15(8-14)20-10-16(23)11-22/h2-9,12,16,20,22-23H,10-11H2,1H3. The number of methoxy groups -OCH3 is 1. The number of hydrogen-bond donors (Lipinski definition) is 3. The first kappa shape index (κ1) is 17.4. The van der Waals surface area contributed by atoms with Crippen LogP contribution in [0.1, 0.15) is 0 Å². The van der Waals surface area contributed by atoms with Gasteiger partial charge >= 0.3 is 0 Å². The summed E-state index contributed by atoms with van der Waals surface area (Å²) in [5.74, 6) is 0.806. The predicted molar refractivity (Wildman–Crippen MR) is 101 cm³/mol. The Morgan fingerprint density at radius 2 is 1.96 bits per heavy atom. The van der Waals surface area contributed by atoms with Crippen molar-refractivity contribution in [3.63, 3.8) is 0 Å². The first-order chi connectivity index (χ1) is 12.2. The summed E-state index contributed by atoms with van der Waals surface area (Å²) in [5, 5.41) is 24.4. The molecule has 0 bridgehead atoms. The molecule has 0 amide bonds. The Hall–Kier alpha value is -2.41. The van der Waals surface area contributed by atoms with Crippen molar-refractivity contribution < 1.29 is 14.9 Å². The Kier molecular flexibility index (Phi) is 5.65. The number of benzene rings is 2. The third kappa shape index (κ3) is 4.36. The summed E-state index contributed by atoms with van der Waals surface area (Å²) in [5.41, 5.74) is 3.81. The van der Waals surface area contributed by atoms with Crippen LogP contribution in [-0.2, 0) is 0 Å². The first-order valence-corrected chi connectivity index (χ1v) is 8.80. The van der Waals surface area contributed by atoms with E-state index in [9.17, 15) is 5.11 Å². The van der Waals surface area contributed by atoms with Gasteiger partial charge in [0.1, 0.15) is 10.8 Å². The Balaban J connectivity index is 1.80. The highest BCUT2D eigenvalue weighted by molar-refractivity contribution is 7.13. The molecule has 0 saturated carbocycles. The normalized spacial score (nSPS) is 12.0. The second-order valence-corrected chi connectivity index (χ2v) is 6.43. The van der Waals surface area contributed by atoms with Crippen molar-refractivity contribution in [1.82, 2.24) is 4.98 Å². The first-order valence-electron chi connectivity index (χ1n) is 7.93. The highest BCUT2D eigenvalue weighted by Crippen LogP contribution is 2.31. The average molecular weight is 356 g/mol. The molecule has 5 nitrogen and oxygen atoms in total. The van der Waals surface area contributed by atoms with Crippen molar-refractivity contribution in [2.45, 2.75) is 6.10 Å². The molecule has 1 unspecified atom stereocenters. The fraction of sp³-hybridized carbons (Fsp3) is 0.211. The number of rotatable bonds is 7. The van der Waals surface area contributed by atoms with E-state index in [2.05, 4.69) is 5.32 Å². The molecule has 0 saturated heterocycles. The molecular weight excluding hydrogens is 336 g/mol. The monoisotopic (exact) mass is 356 g/mol. The zero-order chi connectivity index (χ0) is 17.6. The maximum absolute atomic E-state index is 9.44. The Labute approximate surface area is 150 Å². The van der Waals surface area contributed by atoms with Crippen LogP contribution in [0.5, 0.6) is 5.75 Å². The van der Waals surface area contributed by atoms with Crippen molar-refractivity contribution in [1.29, 1.82) is 0 Å². The summed E-state index contributed by atoms with van der Waals surface area (Å²) in [6, 6.07) is 15.7. The summed E-state index contributed by atoms with van der Waals surface area (Å²) >= 11 is 1.58. The lowest BCUT2D eigenvalue weighted by atomic mass is 10.1. The van der Waals surface area contributed by atoms with Crippen LogP contribution in [-0.4, -0.2) is 41.6 Å². The quantitative estimate of drug-likeness (QED) is 0.606. The number of nitrogens with zero attached hydrogens (tertiary/aromatic N) is 1. The van der Waals surface area contributed by atoms with Crippen LogP contribution in [0.3, 0.4) is 0 Å². The third-order valence-electron chi connectivity index (χ3n) is 3.73. The van der Waals surface area contributed by atoms with Crippen LogP contribution >= 0.6 is 11.3 Å². The smallest absolute Gasteiger partial charge is 0.124 e. The minimum Gasteiger partial charge on any atom is -0.497 e. The number of anilines is 1. The van der Waals surface area contributed by atoms with E-state index in [1.807, 2.05) is 53.9 Å². The maximum atomic E-state index is 9.44. The fourth-order valence-electron chi connectivity index (χ4n) is 2.38. The number of ether oxygens (including phenoxy) is 1. The Morgan fingerprint density at radius 3 is 2.76 bits per heavy atom. The number of aromatic nitrogens is 1. The predicted octanol–water partition coefficient (Wildman–Crippen LogP) is 3.25. The molecule has 2 aromatic carbocycles. The molecule has 0 spiro atoms. The van der Waals surface area contributed by atoms with Gasteiger partial charge in [-0.2, -0.15) is 0 Å². The topological polar surface area (TPSA) is 74.6 Å². The van der Waals surface area contributed by atoms with Crippen molar-refractivity contribution in [3.8, 4) is 27.6 Å². The van der Waals surface area contributed by atoms with Crippen molar-refractivity contribution >= 4 is 17.0 Å². The van der Waals surface area contributed by atoms with Gasteiger partial charge in [-0.1, -0.05) is 24.3 Å². The van der Waals surface area contributed by atoms with E-state index in [0.717, 1.165) is 33.3 Å². The zero-order valence-corrected chi connectivity index (χ0v) is 14.7. The van der Waals surface area contributed by atoms with Gasteiger partial charge in [-0.25, -0.2) is 4.98 Å². The molecule has 1 heterocycles. The number of aliphatic hydroxyl groups excluding tert-OH is 2. The maximum Gasteiger partial charge on any atom is 0.124 e. The van der Waals surface area contributed by atoms with E-state index < -0.39 is 6.10 Å². The van der Waals surface area contributed by atoms with E-state index in [-0.39, 0.29) is 6.61 Å². The number of aliphatic hydroxyl groups is 2. The van der Waals surface area contributed by atoms with Gasteiger partial charge in [0.05, 0.1) is 25.5 Å². The van der Waals surface area contributed by atoms with Crippen LogP contribution in [0.2, 0.25) is 0 Å². The summed E-state index contributed by atoms with van der Waals surface area (Å²) in [4.78, 5) is 4.72. The van der Waals surface area contributed by atoms with E-state index >= 15 is 0 Å². The highest BCUT2D eigenvalue weighted by Gasteiger charge is 2.09. The largest absolute Gasteiger partial charge is 0.497 e. The molecule has 0 aliphatic heterocycles. The summed E-state index contributed by atoms with van der Waals surface area (Å²) < 4.78 is 5.27. The second kappa shape index (κ2) is 8.11. The van der Waals surface area contributed by atoms with Crippen LogP contribution in [0.25, 0.3) is 21.8 Å². The fourth-order valence-corrected chi connectivity index (χ4v) is 3.21. The lowest BCUT2D eigenvalue weighted by Gasteiger charge is -2.10. The third-order valence-corrected chi connectivity index (χ3v) is 4.62. The van der Waals surface area contributed by atoms with Gasteiger partial charge < -0.3 is 20.3 Å². The van der Waals surface area contributed by atoms with Crippen molar-refractivity contribution in [2.75, 3.05) is 25.6 Å². The SMILES string of the molecule is COc1cccc(-c2csc(-c3cccc(NCC(O)CO)c3)n2)c1. The Morgan fingerprint density at radius 1 is 1.16 bits per heavy atom. The van der Waals surface area contributed by atoms with Crippen LogP contribution in [0.4, 0.5) is 5.69 Å². The van der Waals surface area contributed by atoms with E-state index in [0.29, 0.717) is 6.54 Å². The van der Waals surface area contributed by atoms with Crippen molar-refractivity contribution in [2.24, 2.45) is 0 Å². The molecule has 3 aromatic rings. The average Bonchev–Trinajstić information content (AvgIpc) is 3.16. The number of hydrogen-bond acceptors (Lipinski definition) is 6. The molecule has 130 valence electrons. The molecule has 0 radical (unpaired) electrons. The van der Waals surface area contributed by atoms with E-state index in [1.165, 1.54) is 0 Å². The Bertz CT molecular complexity index is 835. The molecule has 0 fully saturated rings. The second-order valence-electron chi connectivity index (χ2n) is 5.57. The lowest BCUT2D eigenvalue weighted by molar-refractivity contribution is 0.105. The van der Waals surface area contributed by atoms with Gasteiger partial charge in [0, 0.05) is 28.7 Å². The van der Waals surface area contributed by atoms with Gasteiger partial charge in [-0.05, 0) is 24.3 Å². The highest BCUT2D eigenvalue weighted by atomic mass is 32.1. The summed E-state index contributed by atoms with van der Waals surface area (Å²) in [6.07, 6.45) is -0.775. The molecule has 6 heteroatoms. The van der Waals surface area contributed by atoms with Gasteiger partial charge in [0.2, 0.25) is 0 Å². The zero-order valence-electron chi connectivity index (χ0n) is 13.8. The van der Waals surface area contributed by atoms with Crippen LogP contribution in [0.15, 0.2) is 53.9 Å². The molecule has 3 N–H and O–H groups in total. The molecule has 1 aromatic heterocycles. The lowest BCUT2D eigenvalue weighted by Crippen LogP contribution is -2.22.